The van der Waals surface area contributed by atoms with Crippen LogP contribution in [0.5, 0.6) is 0 Å². The molecule has 0 N–H and O–H groups in total. The van der Waals surface area contributed by atoms with Gasteiger partial charge in [0.25, 0.3) is 0 Å². The molecular weight excluding hydrogens is 329 g/mol. The number of rotatable bonds is 4. The Morgan fingerprint density at radius 2 is 1.96 bits per heavy atom. The fourth-order valence-corrected chi connectivity index (χ4v) is 5.04. The first-order valence-electron chi connectivity index (χ1n) is 9.47. The van der Waals surface area contributed by atoms with E-state index in [1.54, 1.807) is 12.1 Å². The van der Waals surface area contributed by atoms with E-state index in [0.29, 0.717) is 29.9 Å². The number of nitrogens with zero attached hydrogens (tertiary/aromatic N) is 1. The Morgan fingerprint density at radius 1 is 1.23 bits per heavy atom. The van der Waals surface area contributed by atoms with Crippen LogP contribution in [0.25, 0.3) is 10.9 Å². The molecule has 136 valence electrons. The average molecular weight is 353 g/mol. The predicted octanol–water partition coefficient (Wildman–Crippen LogP) is 5.01. The smallest absolute Gasteiger partial charge is 0.333 e. The zero-order chi connectivity index (χ0) is 18.3. The van der Waals surface area contributed by atoms with Crippen LogP contribution >= 0.6 is 0 Å². The molecule has 1 aromatic carbocycles. The summed E-state index contributed by atoms with van der Waals surface area (Å²) in [6.45, 7) is 6.20. The van der Waals surface area contributed by atoms with Gasteiger partial charge in [-0.15, -0.1) is 0 Å². The highest BCUT2D eigenvalue weighted by molar-refractivity contribution is 5.88. The molecule has 0 bridgehead atoms. The Kier molecular flexibility index (Phi) is 4.51. The van der Waals surface area contributed by atoms with Crippen molar-refractivity contribution >= 4 is 16.9 Å². The van der Waals surface area contributed by atoms with E-state index in [0.717, 1.165) is 36.6 Å². The summed E-state index contributed by atoms with van der Waals surface area (Å²) in [6.07, 6.45) is 6.03. The lowest BCUT2D eigenvalue weighted by Gasteiger charge is -2.17. The normalized spacial score (nSPS) is 27.5. The number of hydrogen-bond acceptors (Lipinski definition) is 3. The van der Waals surface area contributed by atoms with Gasteiger partial charge in [-0.25, -0.2) is 9.18 Å². The molecule has 4 rings (SSSR count). The van der Waals surface area contributed by atoms with Gasteiger partial charge in [-0.05, 0) is 86.1 Å². The van der Waals surface area contributed by atoms with Gasteiger partial charge in [-0.1, -0.05) is 6.58 Å². The Balaban J connectivity index is 1.50. The standard InChI is InChI=1S/C22H24FNO2/c1-3-26-22(25)13(2)14-8-15-10-17(11-16(15)9-14)19-6-7-24-21-5-4-18(23)12-20(19)21/h4-7,12,14-17H,2-3,8-11H2,1H3/t14?,15-,16+,17?. The van der Waals surface area contributed by atoms with Crippen LogP contribution in [0.3, 0.4) is 0 Å². The van der Waals surface area contributed by atoms with Gasteiger partial charge >= 0.3 is 5.97 Å². The summed E-state index contributed by atoms with van der Waals surface area (Å²) >= 11 is 0. The third-order valence-corrected chi connectivity index (χ3v) is 6.22. The van der Waals surface area contributed by atoms with Crippen LogP contribution in [0.2, 0.25) is 0 Å². The van der Waals surface area contributed by atoms with E-state index in [2.05, 4.69) is 11.6 Å². The molecular formula is C22H24FNO2. The van der Waals surface area contributed by atoms with Gasteiger partial charge in [-0.3, -0.25) is 4.98 Å². The molecule has 3 nitrogen and oxygen atoms in total. The van der Waals surface area contributed by atoms with Crippen molar-refractivity contribution in [3.05, 3.63) is 54.0 Å². The maximum atomic E-state index is 13.7. The first kappa shape index (κ1) is 17.2. The molecule has 4 atom stereocenters. The van der Waals surface area contributed by atoms with Crippen molar-refractivity contribution in [3.8, 4) is 0 Å². The number of halogens is 1. The van der Waals surface area contributed by atoms with Crippen molar-refractivity contribution in [3.63, 3.8) is 0 Å². The van der Waals surface area contributed by atoms with Crippen molar-refractivity contribution in [2.45, 2.75) is 38.5 Å². The fraction of sp³-hybridized carbons (Fsp3) is 0.455. The molecule has 0 aliphatic heterocycles. The highest BCUT2D eigenvalue weighted by atomic mass is 19.1. The summed E-state index contributed by atoms with van der Waals surface area (Å²) in [6, 6.07) is 6.87. The van der Waals surface area contributed by atoms with E-state index < -0.39 is 0 Å². The Bertz CT molecular complexity index is 848. The minimum atomic E-state index is -0.246. The SMILES string of the molecule is C=C(C(=O)OCC)C1C[C@@H]2CC(c3ccnc4ccc(F)cc34)C[C@@H]2C1. The van der Waals surface area contributed by atoms with Gasteiger partial charge in [0.05, 0.1) is 12.1 Å². The molecule has 2 saturated carbocycles. The number of pyridine rings is 1. The van der Waals surface area contributed by atoms with Crippen LogP contribution in [0.1, 0.15) is 44.1 Å². The molecule has 2 aliphatic carbocycles. The number of benzene rings is 1. The quantitative estimate of drug-likeness (QED) is 0.573. The van der Waals surface area contributed by atoms with E-state index in [9.17, 15) is 9.18 Å². The van der Waals surface area contributed by atoms with Crippen LogP contribution in [-0.4, -0.2) is 17.6 Å². The summed E-state index contributed by atoms with van der Waals surface area (Å²) in [5.74, 6) is 1.44. The predicted molar refractivity (Wildman–Crippen MR) is 99.2 cm³/mol. The lowest BCUT2D eigenvalue weighted by atomic mass is 9.88. The van der Waals surface area contributed by atoms with Gasteiger partial charge in [0, 0.05) is 17.2 Å². The lowest BCUT2D eigenvalue weighted by Crippen LogP contribution is -2.14. The molecule has 0 radical (unpaired) electrons. The van der Waals surface area contributed by atoms with Gasteiger partial charge in [0.15, 0.2) is 0 Å². The van der Waals surface area contributed by atoms with E-state index in [-0.39, 0.29) is 17.7 Å². The highest BCUT2D eigenvalue weighted by Crippen LogP contribution is 2.54. The molecule has 26 heavy (non-hydrogen) atoms. The first-order chi connectivity index (χ1) is 12.6. The zero-order valence-electron chi connectivity index (χ0n) is 15.1. The maximum Gasteiger partial charge on any atom is 0.333 e. The first-order valence-corrected chi connectivity index (χ1v) is 9.47. The minimum Gasteiger partial charge on any atom is -0.463 e. The molecule has 2 aliphatic rings. The third-order valence-electron chi connectivity index (χ3n) is 6.22. The van der Waals surface area contributed by atoms with E-state index in [4.69, 9.17) is 4.74 Å². The number of ether oxygens (including phenoxy) is 1. The highest BCUT2D eigenvalue weighted by Gasteiger charge is 2.44. The number of esters is 1. The molecule has 0 saturated heterocycles. The van der Waals surface area contributed by atoms with E-state index in [1.807, 2.05) is 19.2 Å². The van der Waals surface area contributed by atoms with Crippen molar-refractivity contribution in [2.75, 3.05) is 6.61 Å². The average Bonchev–Trinajstić information content (AvgIpc) is 3.19. The van der Waals surface area contributed by atoms with Crippen molar-refractivity contribution in [2.24, 2.45) is 17.8 Å². The number of fused-ring (bicyclic) bond motifs is 2. The Hall–Kier alpha value is -2.23. The second kappa shape index (κ2) is 6.82. The molecule has 0 spiro atoms. The van der Waals surface area contributed by atoms with Gasteiger partial charge in [-0.2, -0.15) is 0 Å². The Labute approximate surface area is 153 Å². The number of hydrogen-bond donors (Lipinski definition) is 0. The summed E-state index contributed by atoms with van der Waals surface area (Å²) < 4.78 is 18.8. The number of carbonyl (C=O) groups is 1. The molecule has 4 heteroatoms. The van der Waals surface area contributed by atoms with Crippen molar-refractivity contribution in [1.82, 2.24) is 4.98 Å². The molecule has 2 fully saturated rings. The van der Waals surface area contributed by atoms with Gasteiger partial charge in [0.1, 0.15) is 5.82 Å². The fourth-order valence-electron chi connectivity index (χ4n) is 5.04. The summed E-state index contributed by atoms with van der Waals surface area (Å²) in [4.78, 5) is 16.3. The van der Waals surface area contributed by atoms with Gasteiger partial charge < -0.3 is 4.74 Å². The second-order valence-corrected chi connectivity index (χ2v) is 7.66. The number of aromatic nitrogens is 1. The Morgan fingerprint density at radius 3 is 2.65 bits per heavy atom. The summed E-state index contributed by atoms with van der Waals surface area (Å²) in [5.41, 5.74) is 2.70. The maximum absolute atomic E-state index is 13.7. The number of carbonyl (C=O) groups excluding carboxylic acids is 1. The summed E-state index contributed by atoms with van der Waals surface area (Å²) in [7, 11) is 0. The van der Waals surface area contributed by atoms with Crippen LogP contribution in [0.15, 0.2) is 42.6 Å². The second-order valence-electron chi connectivity index (χ2n) is 7.66. The van der Waals surface area contributed by atoms with Crippen LogP contribution < -0.4 is 0 Å². The van der Waals surface area contributed by atoms with E-state index >= 15 is 0 Å². The molecule has 0 amide bonds. The molecule has 2 unspecified atom stereocenters. The molecule has 1 heterocycles. The van der Waals surface area contributed by atoms with Crippen molar-refractivity contribution < 1.29 is 13.9 Å². The monoisotopic (exact) mass is 353 g/mol. The molecule has 2 aromatic rings. The van der Waals surface area contributed by atoms with Gasteiger partial charge in [0.2, 0.25) is 0 Å². The summed E-state index contributed by atoms with van der Waals surface area (Å²) in [5, 5.41) is 0.935. The lowest BCUT2D eigenvalue weighted by molar-refractivity contribution is -0.139. The largest absolute Gasteiger partial charge is 0.463 e. The minimum absolute atomic E-state index is 0.212. The van der Waals surface area contributed by atoms with Crippen LogP contribution in [0, 0.1) is 23.6 Å². The topological polar surface area (TPSA) is 39.2 Å². The van der Waals surface area contributed by atoms with Crippen LogP contribution in [0.4, 0.5) is 4.39 Å². The third kappa shape index (κ3) is 3.02. The molecule has 1 aromatic heterocycles. The van der Waals surface area contributed by atoms with E-state index in [1.165, 1.54) is 11.6 Å². The zero-order valence-corrected chi connectivity index (χ0v) is 15.1. The van der Waals surface area contributed by atoms with Crippen molar-refractivity contribution in [1.29, 1.82) is 0 Å². The van der Waals surface area contributed by atoms with Crippen LogP contribution in [-0.2, 0) is 9.53 Å².